The first-order valence-electron chi connectivity index (χ1n) is 11.7. The van der Waals surface area contributed by atoms with E-state index in [0.29, 0.717) is 30.1 Å². The molecule has 0 radical (unpaired) electrons. The average molecular weight is 376 g/mol. The monoisotopic (exact) mass is 375 g/mol. The minimum atomic E-state index is 0.241. The van der Waals surface area contributed by atoms with Crippen molar-refractivity contribution in [3.05, 3.63) is 0 Å². The Hall–Kier alpha value is -0.880. The smallest absolute Gasteiger partial charge is 0.132 e. The molecule has 2 aliphatic carbocycles. The second-order valence-electron chi connectivity index (χ2n) is 9.05. The van der Waals surface area contributed by atoms with Crippen LogP contribution in [0.3, 0.4) is 0 Å². The van der Waals surface area contributed by atoms with E-state index in [2.05, 4.69) is 13.0 Å². The Morgan fingerprint density at radius 2 is 1.70 bits per heavy atom. The second kappa shape index (κ2) is 12.6. The van der Waals surface area contributed by atoms with Gasteiger partial charge < -0.3 is 4.74 Å². The van der Waals surface area contributed by atoms with Gasteiger partial charge in [-0.2, -0.15) is 5.26 Å². The van der Waals surface area contributed by atoms with Crippen LogP contribution in [0.1, 0.15) is 104 Å². The topological polar surface area (TPSA) is 50.1 Å². The molecule has 0 spiro atoms. The van der Waals surface area contributed by atoms with Gasteiger partial charge in [0.25, 0.3) is 0 Å². The van der Waals surface area contributed by atoms with Crippen molar-refractivity contribution in [2.24, 2.45) is 23.7 Å². The quantitative estimate of drug-likeness (QED) is 0.389. The molecule has 0 amide bonds. The van der Waals surface area contributed by atoms with E-state index in [1.54, 1.807) is 0 Å². The number of carbonyl (C=O) groups is 1. The molecule has 0 saturated heterocycles. The van der Waals surface area contributed by atoms with Crippen LogP contribution in [0.4, 0.5) is 0 Å². The van der Waals surface area contributed by atoms with Crippen LogP contribution in [0, 0.1) is 35.0 Å². The molecular weight excluding hydrogens is 334 g/mol. The van der Waals surface area contributed by atoms with Crippen LogP contribution in [0.5, 0.6) is 0 Å². The summed E-state index contributed by atoms with van der Waals surface area (Å²) in [5.74, 6) is 2.67. The summed E-state index contributed by atoms with van der Waals surface area (Å²) in [5, 5.41) is 9.76. The van der Waals surface area contributed by atoms with Gasteiger partial charge in [-0.15, -0.1) is 0 Å². The van der Waals surface area contributed by atoms with Gasteiger partial charge in [0.2, 0.25) is 0 Å². The summed E-state index contributed by atoms with van der Waals surface area (Å²) in [6.45, 7) is 5.09. The molecule has 0 aromatic rings. The Morgan fingerprint density at radius 3 is 2.30 bits per heavy atom. The predicted octanol–water partition coefficient (Wildman–Crippen LogP) is 6.46. The highest BCUT2D eigenvalue weighted by Crippen LogP contribution is 2.40. The molecule has 2 rings (SSSR count). The van der Waals surface area contributed by atoms with E-state index in [4.69, 9.17) is 4.74 Å². The molecule has 2 fully saturated rings. The zero-order chi connectivity index (χ0) is 19.5. The summed E-state index contributed by atoms with van der Waals surface area (Å²) in [4.78, 5) is 11.5. The van der Waals surface area contributed by atoms with Crippen molar-refractivity contribution in [1.82, 2.24) is 0 Å². The van der Waals surface area contributed by atoms with Gasteiger partial charge in [0.05, 0.1) is 12.2 Å². The molecule has 0 aromatic heterocycles. The minimum absolute atomic E-state index is 0.241. The first-order valence-corrected chi connectivity index (χ1v) is 11.7. The standard InChI is InChI=1S/C24H41NO2/c1-3-5-16-27-24-14-9-20(10-15-24)17-22(18-25)21-11-6-19(7-12-21)8-13-23(26)4-2/h19-22,24H,3-17H2,1-2H3. The van der Waals surface area contributed by atoms with Gasteiger partial charge in [0.15, 0.2) is 0 Å². The number of hydrogen-bond acceptors (Lipinski definition) is 3. The number of nitriles is 1. The summed E-state index contributed by atoms with van der Waals surface area (Å²) in [5.41, 5.74) is 0. The fraction of sp³-hybridized carbons (Fsp3) is 0.917. The SMILES string of the molecule is CCCCOC1CCC(CC(C#N)C2CCC(CCC(=O)CC)CC2)CC1. The van der Waals surface area contributed by atoms with E-state index in [1.165, 1.54) is 64.2 Å². The van der Waals surface area contributed by atoms with Crippen molar-refractivity contribution in [3.8, 4) is 6.07 Å². The second-order valence-corrected chi connectivity index (χ2v) is 9.05. The normalized spacial score (nSPS) is 29.8. The zero-order valence-electron chi connectivity index (χ0n) is 17.8. The van der Waals surface area contributed by atoms with Crippen LogP contribution in [0.15, 0.2) is 0 Å². The Kier molecular flexibility index (Phi) is 10.4. The molecule has 154 valence electrons. The van der Waals surface area contributed by atoms with E-state index < -0.39 is 0 Å². The van der Waals surface area contributed by atoms with Crippen molar-refractivity contribution < 1.29 is 9.53 Å². The van der Waals surface area contributed by atoms with Crippen LogP contribution < -0.4 is 0 Å². The van der Waals surface area contributed by atoms with Crippen LogP contribution in [-0.4, -0.2) is 18.5 Å². The average Bonchev–Trinajstić information content (AvgIpc) is 2.72. The molecule has 1 unspecified atom stereocenters. The van der Waals surface area contributed by atoms with Crippen molar-refractivity contribution in [1.29, 1.82) is 5.26 Å². The summed E-state index contributed by atoms with van der Waals surface area (Å²) in [7, 11) is 0. The zero-order valence-corrected chi connectivity index (χ0v) is 17.8. The summed E-state index contributed by atoms with van der Waals surface area (Å²) >= 11 is 0. The van der Waals surface area contributed by atoms with Gasteiger partial charge in [0.1, 0.15) is 5.78 Å². The molecule has 2 aliphatic rings. The Morgan fingerprint density at radius 1 is 1.04 bits per heavy atom. The highest BCUT2D eigenvalue weighted by Gasteiger charge is 2.31. The summed E-state index contributed by atoms with van der Waals surface area (Å²) < 4.78 is 5.99. The number of unbranched alkanes of at least 4 members (excludes halogenated alkanes) is 1. The number of hydrogen-bond donors (Lipinski definition) is 0. The lowest BCUT2D eigenvalue weighted by atomic mass is 9.71. The van der Waals surface area contributed by atoms with Crippen LogP contribution >= 0.6 is 0 Å². The number of Topliss-reactive ketones (excluding diaryl/α,β-unsaturated/α-hetero) is 1. The Bertz CT molecular complexity index is 453. The molecule has 0 bridgehead atoms. The molecule has 0 aromatic carbocycles. The third kappa shape index (κ3) is 7.94. The van der Waals surface area contributed by atoms with E-state index in [-0.39, 0.29) is 5.92 Å². The van der Waals surface area contributed by atoms with E-state index in [0.717, 1.165) is 31.8 Å². The van der Waals surface area contributed by atoms with Gasteiger partial charge in [-0.05, 0) is 75.5 Å². The van der Waals surface area contributed by atoms with Gasteiger partial charge in [0, 0.05) is 25.4 Å². The maximum atomic E-state index is 11.5. The minimum Gasteiger partial charge on any atom is -0.378 e. The van der Waals surface area contributed by atoms with Gasteiger partial charge >= 0.3 is 0 Å². The van der Waals surface area contributed by atoms with E-state index in [1.807, 2.05) is 6.92 Å². The van der Waals surface area contributed by atoms with Gasteiger partial charge in [-0.3, -0.25) is 4.79 Å². The van der Waals surface area contributed by atoms with Crippen molar-refractivity contribution in [2.45, 2.75) is 110 Å². The maximum absolute atomic E-state index is 11.5. The van der Waals surface area contributed by atoms with E-state index in [9.17, 15) is 10.1 Å². The number of ether oxygens (including phenoxy) is 1. The molecule has 0 aliphatic heterocycles. The molecule has 3 heteroatoms. The molecule has 0 heterocycles. The van der Waals surface area contributed by atoms with Crippen LogP contribution in [-0.2, 0) is 9.53 Å². The highest BCUT2D eigenvalue weighted by molar-refractivity contribution is 5.77. The number of carbonyl (C=O) groups excluding carboxylic acids is 1. The fourth-order valence-corrected chi connectivity index (χ4v) is 5.06. The lowest BCUT2D eigenvalue weighted by Crippen LogP contribution is -2.27. The van der Waals surface area contributed by atoms with Gasteiger partial charge in [-0.1, -0.05) is 33.1 Å². The molecule has 27 heavy (non-hydrogen) atoms. The molecular formula is C24H41NO2. The Labute approximate surface area is 167 Å². The largest absolute Gasteiger partial charge is 0.378 e. The first-order chi connectivity index (χ1) is 13.2. The Balaban J connectivity index is 1.66. The predicted molar refractivity (Wildman–Crippen MR) is 110 cm³/mol. The van der Waals surface area contributed by atoms with Crippen LogP contribution in [0.2, 0.25) is 0 Å². The molecule has 3 nitrogen and oxygen atoms in total. The number of rotatable bonds is 11. The third-order valence-electron chi connectivity index (χ3n) is 7.08. The lowest BCUT2D eigenvalue weighted by molar-refractivity contribution is -0.119. The van der Waals surface area contributed by atoms with Crippen molar-refractivity contribution in [3.63, 3.8) is 0 Å². The molecule has 0 N–H and O–H groups in total. The van der Waals surface area contributed by atoms with Crippen molar-refractivity contribution >= 4 is 5.78 Å². The number of ketones is 1. The van der Waals surface area contributed by atoms with Crippen LogP contribution in [0.25, 0.3) is 0 Å². The van der Waals surface area contributed by atoms with E-state index >= 15 is 0 Å². The lowest BCUT2D eigenvalue weighted by Gasteiger charge is -2.34. The third-order valence-corrected chi connectivity index (χ3v) is 7.08. The van der Waals surface area contributed by atoms with Crippen molar-refractivity contribution in [2.75, 3.05) is 6.61 Å². The molecule has 2 saturated carbocycles. The summed E-state index contributed by atoms with van der Waals surface area (Å²) in [6, 6.07) is 2.66. The fourth-order valence-electron chi connectivity index (χ4n) is 5.06. The first kappa shape index (κ1) is 22.4. The maximum Gasteiger partial charge on any atom is 0.132 e. The summed E-state index contributed by atoms with van der Waals surface area (Å²) in [6.07, 6.45) is 16.1. The molecule has 1 atom stereocenters. The highest BCUT2D eigenvalue weighted by atomic mass is 16.5. The number of nitrogens with zero attached hydrogens (tertiary/aromatic N) is 1. The van der Waals surface area contributed by atoms with Gasteiger partial charge in [-0.25, -0.2) is 0 Å².